The molecule has 1 aromatic carbocycles. The van der Waals surface area contributed by atoms with Crippen LogP contribution in [0, 0.1) is 17.0 Å². The molecule has 0 aliphatic rings. The number of benzene rings is 1. The van der Waals surface area contributed by atoms with Gasteiger partial charge in [-0.05, 0) is 25.3 Å². The van der Waals surface area contributed by atoms with Crippen LogP contribution in [0.3, 0.4) is 0 Å². The number of ether oxygens (including phenoxy) is 1. The van der Waals surface area contributed by atoms with Gasteiger partial charge in [0.15, 0.2) is 5.75 Å². The van der Waals surface area contributed by atoms with Crippen molar-refractivity contribution in [1.82, 2.24) is 0 Å². The third kappa shape index (κ3) is 3.20. The van der Waals surface area contributed by atoms with Gasteiger partial charge < -0.3 is 9.84 Å². The quantitative estimate of drug-likeness (QED) is 0.625. The van der Waals surface area contributed by atoms with E-state index in [1.54, 1.807) is 19.1 Å². The predicted molar refractivity (Wildman–Crippen MR) is 68.9 cm³/mol. The van der Waals surface area contributed by atoms with Crippen molar-refractivity contribution in [3.63, 3.8) is 0 Å². The van der Waals surface area contributed by atoms with Crippen molar-refractivity contribution in [2.75, 3.05) is 6.61 Å². The van der Waals surface area contributed by atoms with E-state index in [4.69, 9.17) is 4.74 Å². The van der Waals surface area contributed by atoms with Crippen molar-refractivity contribution < 1.29 is 14.8 Å². The van der Waals surface area contributed by atoms with Crippen LogP contribution in [-0.4, -0.2) is 22.2 Å². The van der Waals surface area contributed by atoms with E-state index >= 15 is 0 Å². The average molecular weight is 253 g/mol. The Bertz CT molecular complexity index is 427. The number of aryl methyl sites for hydroxylation is 1. The van der Waals surface area contributed by atoms with Gasteiger partial charge in [0.25, 0.3) is 0 Å². The first-order chi connectivity index (χ1) is 8.43. The van der Waals surface area contributed by atoms with E-state index in [9.17, 15) is 15.2 Å². The summed E-state index contributed by atoms with van der Waals surface area (Å²) in [7, 11) is 0. The highest BCUT2D eigenvalue weighted by atomic mass is 16.6. The topological polar surface area (TPSA) is 72.6 Å². The fourth-order valence-electron chi connectivity index (χ4n) is 1.63. The smallest absolute Gasteiger partial charge is 0.311 e. The van der Waals surface area contributed by atoms with E-state index in [1.165, 1.54) is 6.07 Å². The largest absolute Gasteiger partial charge is 0.484 e. The molecule has 1 aromatic rings. The lowest BCUT2D eigenvalue weighted by Gasteiger charge is -2.25. The number of rotatable bonds is 6. The number of para-hydroxylation sites is 1. The van der Waals surface area contributed by atoms with Crippen molar-refractivity contribution in [3.05, 3.63) is 33.9 Å². The maximum Gasteiger partial charge on any atom is 0.311 e. The lowest BCUT2D eigenvalue weighted by Crippen LogP contribution is -2.34. The normalized spacial score (nSPS) is 11.3. The van der Waals surface area contributed by atoms with E-state index in [0.29, 0.717) is 18.4 Å². The number of aliphatic hydroxyl groups is 1. The highest BCUT2D eigenvalue weighted by Gasteiger charge is 2.25. The SMILES string of the molecule is CCC(O)(CC)COc1c(C)cccc1[N+](=O)[O-]. The lowest BCUT2D eigenvalue weighted by atomic mass is 9.99. The zero-order valence-electron chi connectivity index (χ0n) is 11.0. The average Bonchev–Trinajstić information content (AvgIpc) is 2.36. The van der Waals surface area contributed by atoms with Crippen molar-refractivity contribution in [3.8, 4) is 5.75 Å². The van der Waals surface area contributed by atoms with Crippen LogP contribution in [-0.2, 0) is 0 Å². The first-order valence-electron chi connectivity index (χ1n) is 6.02. The summed E-state index contributed by atoms with van der Waals surface area (Å²) in [6.07, 6.45) is 1.09. The molecule has 0 amide bonds. The maximum absolute atomic E-state index is 10.9. The molecule has 0 atom stereocenters. The van der Waals surface area contributed by atoms with Crippen LogP contribution in [0.25, 0.3) is 0 Å². The molecule has 0 unspecified atom stereocenters. The van der Waals surface area contributed by atoms with Gasteiger partial charge in [0.2, 0.25) is 0 Å². The summed E-state index contributed by atoms with van der Waals surface area (Å²) in [5.74, 6) is 0.239. The Hall–Kier alpha value is -1.62. The molecule has 0 saturated carbocycles. The number of hydrogen-bond donors (Lipinski definition) is 1. The minimum absolute atomic E-state index is 0.0612. The molecule has 0 aliphatic heterocycles. The molecule has 5 nitrogen and oxygen atoms in total. The number of nitrogens with zero attached hydrogens (tertiary/aromatic N) is 1. The van der Waals surface area contributed by atoms with Crippen molar-refractivity contribution >= 4 is 5.69 Å². The Morgan fingerprint density at radius 1 is 1.39 bits per heavy atom. The third-order valence-corrected chi connectivity index (χ3v) is 3.19. The predicted octanol–water partition coefficient (Wildman–Crippen LogP) is 2.83. The van der Waals surface area contributed by atoms with E-state index < -0.39 is 10.5 Å². The molecule has 1 N–H and O–H groups in total. The fraction of sp³-hybridized carbons (Fsp3) is 0.538. The zero-order chi connectivity index (χ0) is 13.8. The minimum Gasteiger partial charge on any atom is -0.484 e. The molecule has 0 radical (unpaired) electrons. The molecule has 0 saturated heterocycles. The molecule has 100 valence electrons. The molecule has 0 spiro atoms. The molecule has 0 aromatic heterocycles. The summed E-state index contributed by atoms with van der Waals surface area (Å²) in [6, 6.07) is 4.77. The van der Waals surface area contributed by atoms with Crippen LogP contribution < -0.4 is 4.74 Å². The molecular weight excluding hydrogens is 234 g/mol. The fourth-order valence-corrected chi connectivity index (χ4v) is 1.63. The van der Waals surface area contributed by atoms with E-state index in [2.05, 4.69) is 0 Å². The van der Waals surface area contributed by atoms with Crippen LogP contribution in [0.15, 0.2) is 18.2 Å². The monoisotopic (exact) mass is 253 g/mol. The maximum atomic E-state index is 10.9. The van der Waals surface area contributed by atoms with E-state index in [1.807, 2.05) is 13.8 Å². The highest BCUT2D eigenvalue weighted by Crippen LogP contribution is 2.31. The van der Waals surface area contributed by atoms with Gasteiger partial charge >= 0.3 is 5.69 Å². The standard InChI is InChI=1S/C13H19NO4/c1-4-13(15,5-2)9-18-12-10(3)7-6-8-11(12)14(16)17/h6-8,15H,4-5,9H2,1-3H3. The van der Waals surface area contributed by atoms with Crippen LogP contribution in [0.1, 0.15) is 32.3 Å². The first-order valence-corrected chi connectivity index (χ1v) is 6.02. The minimum atomic E-state index is -0.934. The van der Waals surface area contributed by atoms with Crippen LogP contribution in [0.2, 0.25) is 0 Å². The molecular formula is C13H19NO4. The second-order valence-corrected chi connectivity index (χ2v) is 4.40. The first kappa shape index (κ1) is 14.4. The molecule has 5 heteroatoms. The van der Waals surface area contributed by atoms with Crippen LogP contribution >= 0.6 is 0 Å². The Labute approximate surface area is 107 Å². The van der Waals surface area contributed by atoms with Gasteiger partial charge in [0, 0.05) is 6.07 Å². The summed E-state index contributed by atoms with van der Waals surface area (Å²) in [6.45, 7) is 5.53. The summed E-state index contributed by atoms with van der Waals surface area (Å²) in [5, 5.41) is 21.0. The Balaban J connectivity index is 2.94. The lowest BCUT2D eigenvalue weighted by molar-refractivity contribution is -0.386. The van der Waals surface area contributed by atoms with Crippen molar-refractivity contribution in [2.24, 2.45) is 0 Å². The second kappa shape index (κ2) is 5.82. The Kier molecular flexibility index (Phi) is 4.67. The van der Waals surface area contributed by atoms with E-state index in [-0.39, 0.29) is 18.0 Å². The van der Waals surface area contributed by atoms with Crippen LogP contribution in [0.5, 0.6) is 5.75 Å². The van der Waals surface area contributed by atoms with Crippen LogP contribution in [0.4, 0.5) is 5.69 Å². The second-order valence-electron chi connectivity index (χ2n) is 4.40. The highest BCUT2D eigenvalue weighted by molar-refractivity contribution is 5.51. The van der Waals surface area contributed by atoms with Crippen molar-refractivity contribution in [1.29, 1.82) is 0 Å². The van der Waals surface area contributed by atoms with Gasteiger partial charge in [0.05, 0.1) is 10.5 Å². The summed E-state index contributed by atoms with van der Waals surface area (Å²) >= 11 is 0. The molecule has 0 heterocycles. The molecule has 18 heavy (non-hydrogen) atoms. The summed E-state index contributed by atoms with van der Waals surface area (Å²) in [4.78, 5) is 10.4. The van der Waals surface area contributed by atoms with Gasteiger partial charge in [-0.2, -0.15) is 0 Å². The summed E-state index contributed by atoms with van der Waals surface area (Å²) < 4.78 is 5.48. The molecule has 0 bridgehead atoms. The van der Waals surface area contributed by atoms with Gasteiger partial charge in [-0.15, -0.1) is 0 Å². The molecule has 1 rings (SSSR count). The third-order valence-electron chi connectivity index (χ3n) is 3.19. The van der Waals surface area contributed by atoms with E-state index in [0.717, 1.165) is 0 Å². The van der Waals surface area contributed by atoms with Gasteiger partial charge in [-0.1, -0.05) is 26.0 Å². The van der Waals surface area contributed by atoms with Gasteiger partial charge in [-0.25, -0.2) is 0 Å². The Morgan fingerprint density at radius 3 is 2.50 bits per heavy atom. The summed E-state index contributed by atoms with van der Waals surface area (Å²) in [5.41, 5.74) is -0.306. The van der Waals surface area contributed by atoms with Crippen molar-refractivity contribution in [2.45, 2.75) is 39.2 Å². The number of nitro benzene ring substituents is 1. The zero-order valence-corrected chi connectivity index (χ0v) is 11.0. The molecule has 0 fully saturated rings. The molecule has 0 aliphatic carbocycles. The number of nitro groups is 1. The van der Waals surface area contributed by atoms with Gasteiger partial charge in [-0.3, -0.25) is 10.1 Å². The van der Waals surface area contributed by atoms with Gasteiger partial charge in [0.1, 0.15) is 6.61 Å². The number of hydrogen-bond acceptors (Lipinski definition) is 4. The Morgan fingerprint density at radius 2 is 2.00 bits per heavy atom.